The van der Waals surface area contributed by atoms with E-state index in [0.717, 1.165) is 54.2 Å². The second-order valence-corrected chi connectivity index (χ2v) is 9.23. The minimum absolute atomic E-state index is 0.206. The van der Waals surface area contributed by atoms with Crippen LogP contribution in [0.1, 0.15) is 51.7 Å². The number of aliphatic imine (C=N–C) groups is 1. The Morgan fingerprint density at radius 1 is 1.15 bits per heavy atom. The van der Waals surface area contributed by atoms with Crippen LogP contribution in [0.3, 0.4) is 0 Å². The van der Waals surface area contributed by atoms with Gasteiger partial charge in [0.2, 0.25) is 0 Å². The van der Waals surface area contributed by atoms with E-state index in [1.807, 2.05) is 43.4 Å². The number of phenols is 1. The van der Waals surface area contributed by atoms with Crippen molar-refractivity contribution in [2.75, 3.05) is 20.1 Å². The lowest BCUT2D eigenvalue weighted by Crippen LogP contribution is -2.55. The number of rotatable bonds is 3. The van der Waals surface area contributed by atoms with Crippen LogP contribution >= 0.6 is 0 Å². The van der Waals surface area contributed by atoms with Crippen molar-refractivity contribution in [3.63, 3.8) is 0 Å². The molecule has 1 fully saturated rings. The number of hydrogen-bond acceptors (Lipinski definition) is 6. The second-order valence-electron chi connectivity index (χ2n) is 9.23. The Morgan fingerprint density at radius 3 is 2.56 bits per heavy atom. The quantitative estimate of drug-likeness (QED) is 0.679. The number of nitrogens with zero attached hydrogens (tertiary/aromatic N) is 4. The zero-order valence-corrected chi connectivity index (χ0v) is 20.8. The molecule has 0 unspecified atom stereocenters. The van der Waals surface area contributed by atoms with Crippen molar-refractivity contribution in [2.45, 2.75) is 52.6 Å². The van der Waals surface area contributed by atoms with Crippen LogP contribution < -0.4 is 5.32 Å². The van der Waals surface area contributed by atoms with Gasteiger partial charge in [-0.05, 0) is 74.3 Å². The number of phenolic OH excluding ortho intramolecular Hbond substituents is 1. The minimum Gasteiger partial charge on any atom is -0.507 e. The van der Waals surface area contributed by atoms with Gasteiger partial charge in [-0.15, -0.1) is 10.2 Å². The number of piperazine rings is 1. The van der Waals surface area contributed by atoms with E-state index in [1.165, 1.54) is 5.57 Å². The summed E-state index contributed by atoms with van der Waals surface area (Å²) in [5.74, 6) is 1.21. The molecule has 0 aromatic heterocycles. The molecule has 0 amide bonds. The molecule has 2 N–H and O–H groups in total. The maximum absolute atomic E-state index is 11.0. The zero-order chi connectivity index (χ0) is 24.2. The lowest BCUT2D eigenvalue weighted by atomic mass is 9.93. The third kappa shape index (κ3) is 5.12. The van der Waals surface area contributed by atoms with Gasteiger partial charge in [0, 0.05) is 44.2 Å². The van der Waals surface area contributed by atoms with Gasteiger partial charge in [0.15, 0.2) is 0 Å². The highest BCUT2D eigenvalue weighted by Crippen LogP contribution is 2.30. The van der Waals surface area contributed by atoms with E-state index in [2.05, 4.69) is 58.3 Å². The van der Waals surface area contributed by atoms with Crippen LogP contribution in [0.5, 0.6) is 5.75 Å². The topological polar surface area (TPSA) is 72.6 Å². The van der Waals surface area contributed by atoms with E-state index in [1.54, 1.807) is 7.05 Å². The third-order valence-electron chi connectivity index (χ3n) is 6.56. The van der Waals surface area contributed by atoms with Gasteiger partial charge in [0.25, 0.3) is 0 Å². The smallest absolute Gasteiger partial charge is 0.131 e. The molecule has 1 aromatic carbocycles. The monoisotopic (exact) mass is 457 g/mol. The minimum atomic E-state index is 0.206. The molecule has 1 saturated heterocycles. The first-order chi connectivity index (χ1) is 16.4. The molecule has 0 spiro atoms. The first kappa shape index (κ1) is 23.9. The van der Waals surface area contributed by atoms with Gasteiger partial charge in [-0.3, -0.25) is 4.99 Å². The summed E-state index contributed by atoms with van der Waals surface area (Å²) in [4.78, 5) is 6.67. The Balaban J connectivity index is 1.65. The first-order valence-electron chi connectivity index (χ1n) is 12.1. The number of amidine groups is 1. The molecule has 2 aliphatic heterocycles. The van der Waals surface area contributed by atoms with E-state index >= 15 is 0 Å². The van der Waals surface area contributed by atoms with Gasteiger partial charge in [-0.25, -0.2) is 0 Å². The van der Waals surface area contributed by atoms with Crippen LogP contribution in [0.15, 0.2) is 74.9 Å². The number of benzene rings is 1. The summed E-state index contributed by atoms with van der Waals surface area (Å²) in [6.45, 7) is 10.4. The molecule has 4 rings (SSSR count). The largest absolute Gasteiger partial charge is 0.507 e. The van der Waals surface area contributed by atoms with Crippen molar-refractivity contribution in [1.29, 1.82) is 0 Å². The predicted molar refractivity (Wildman–Crippen MR) is 143 cm³/mol. The molecule has 2 atom stereocenters. The Labute approximate surface area is 202 Å². The summed E-state index contributed by atoms with van der Waals surface area (Å²) in [6.07, 6.45) is 12.0. The Kier molecular flexibility index (Phi) is 7.27. The summed E-state index contributed by atoms with van der Waals surface area (Å²) >= 11 is 0. The molecule has 0 bridgehead atoms. The van der Waals surface area contributed by atoms with Gasteiger partial charge in [0.05, 0.1) is 11.4 Å². The molecule has 1 aromatic rings. The summed E-state index contributed by atoms with van der Waals surface area (Å²) in [7, 11) is 1.80. The van der Waals surface area contributed by atoms with Crippen LogP contribution in [0.2, 0.25) is 0 Å². The normalized spacial score (nSPS) is 25.6. The van der Waals surface area contributed by atoms with Crippen molar-refractivity contribution >= 4 is 22.8 Å². The lowest BCUT2D eigenvalue weighted by molar-refractivity contribution is 0.252. The lowest BCUT2D eigenvalue weighted by Gasteiger charge is -2.37. The standard InChI is InChI=1S/C28H35N5O/c1-6-20-12-26(31-32-28(13-20)33-16-18(3)30-19(4)17-33)24-10-8-23(15-27(24)34)22-9-11-25(29-5)21(7-2)14-22/h7-12,14-15,18-19,30,34H,6,13,16-17H2,1-5H3/b21-7-,29-25?/t18-,19+. The molecule has 0 saturated carbocycles. The molecular weight excluding hydrogens is 422 g/mol. The SMILES string of the molecule is C/C=C1/C=C(c2ccc(C3=NN=C(N4C[C@@H](C)N[C@@H](C)C4)CC(CC)=C3)c(O)c2)C=CC1=NC. The highest BCUT2D eigenvalue weighted by atomic mass is 16.3. The van der Waals surface area contributed by atoms with E-state index in [-0.39, 0.29) is 5.75 Å². The number of hydrogen-bond donors (Lipinski definition) is 2. The van der Waals surface area contributed by atoms with Crippen LogP contribution in [0, 0.1) is 0 Å². The Bertz CT molecular complexity index is 1160. The highest BCUT2D eigenvalue weighted by molar-refractivity contribution is 6.15. The van der Waals surface area contributed by atoms with E-state index in [0.29, 0.717) is 23.4 Å². The molecule has 0 radical (unpaired) electrons. The molecule has 1 aliphatic carbocycles. The van der Waals surface area contributed by atoms with E-state index in [9.17, 15) is 5.11 Å². The molecular formula is C28H35N5O. The van der Waals surface area contributed by atoms with Crippen LogP contribution in [-0.2, 0) is 0 Å². The van der Waals surface area contributed by atoms with Gasteiger partial charge >= 0.3 is 0 Å². The molecule has 6 nitrogen and oxygen atoms in total. The Morgan fingerprint density at radius 2 is 1.91 bits per heavy atom. The van der Waals surface area contributed by atoms with Crippen molar-refractivity contribution in [2.24, 2.45) is 15.2 Å². The fourth-order valence-corrected chi connectivity index (χ4v) is 4.79. The summed E-state index contributed by atoms with van der Waals surface area (Å²) in [6, 6.07) is 6.61. The van der Waals surface area contributed by atoms with Crippen LogP contribution in [0.4, 0.5) is 0 Å². The first-order valence-corrected chi connectivity index (χ1v) is 12.1. The average Bonchev–Trinajstić information content (AvgIpc) is 3.05. The number of allylic oxidation sites excluding steroid dienone is 7. The number of aromatic hydroxyl groups is 1. The van der Waals surface area contributed by atoms with Crippen molar-refractivity contribution in [3.8, 4) is 5.75 Å². The van der Waals surface area contributed by atoms with Crippen molar-refractivity contribution in [3.05, 3.63) is 70.9 Å². The molecule has 6 heteroatoms. The second kappa shape index (κ2) is 10.3. The molecule has 178 valence electrons. The fourth-order valence-electron chi connectivity index (χ4n) is 4.79. The summed E-state index contributed by atoms with van der Waals surface area (Å²) < 4.78 is 0. The summed E-state index contributed by atoms with van der Waals surface area (Å²) in [5, 5.41) is 23.8. The van der Waals surface area contributed by atoms with Gasteiger partial charge in [-0.2, -0.15) is 0 Å². The third-order valence-corrected chi connectivity index (χ3v) is 6.56. The van der Waals surface area contributed by atoms with Crippen molar-refractivity contribution < 1.29 is 5.11 Å². The molecule has 2 heterocycles. The molecule has 34 heavy (non-hydrogen) atoms. The highest BCUT2D eigenvalue weighted by Gasteiger charge is 2.25. The van der Waals surface area contributed by atoms with Crippen LogP contribution in [0.25, 0.3) is 5.57 Å². The molecule has 3 aliphatic rings. The summed E-state index contributed by atoms with van der Waals surface area (Å²) in [5.41, 5.74) is 6.69. The number of nitrogens with one attached hydrogen (secondary N) is 1. The Hall–Kier alpha value is -3.25. The fraction of sp³-hybridized carbons (Fsp3) is 0.393. The van der Waals surface area contributed by atoms with Crippen LogP contribution in [-0.4, -0.2) is 59.5 Å². The zero-order valence-electron chi connectivity index (χ0n) is 20.8. The van der Waals surface area contributed by atoms with Gasteiger partial charge in [-0.1, -0.05) is 30.7 Å². The van der Waals surface area contributed by atoms with Crippen molar-refractivity contribution in [1.82, 2.24) is 10.2 Å². The predicted octanol–water partition coefficient (Wildman–Crippen LogP) is 4.89. The van der Waals surface area contributed by atoms with Gasteiger partial charge < -0.3 is 15.3 Å². The maximum atomic E-state index is 11.0. The van der Waals surface area contributed by atoms with E-state index in [4.69, 9.17) is 0 Å². The van der Waals surface area contributed by atoms with E-state index < -0.39 is 0 Å². The average molecular weight is 458 g/mol. The van der Waals surface area contributed by atoms with Gasteiger partial charge in [0.1, 0.15) is 11.6 Å². The maximum Gasteiger partial charge on any atom is 0.131 e.